The average molecular weight is 391 g/mol. The van der Waals surface area contributed by atoms with Gasteiger partial charge in [-0.05, 0) is 56.2 Å². The maximum atomic E-state index is 12.4. The zero-order chi connectivity index (χ0) is 20.4. The van der Waals surface area contributed by atoms with Gasteiger partial charge in [0.15, 0.2) is 5.76 Å². The van der Waals surface area contributed by atoms with E-state index < -0.39 is 0 Å². The summed E-state index contributed by atoms with van der Waals surface area (Å²) in [4.78, 5) is 25.7. The smallest absolute Gasteiger partial charge is 0.289 e. The number of carbonyl (C=O) groups excluding carboxylic acids is 1. The van der Waals surface area contributed by atoms with E-state index in [4.69, 9.17) is 9.40 Å². The Labute approximate surface area is 170 Å². The van der Waals surface area contributed by atoms with Crippen LogP contribution in [-0.2, 0) is 0 Å². The highest BCUT2D eigenvalue weighted by atomic mass is 16.3. The molecule has 3 aromatic rings. The van der Waals surface area contributed by atoms with Crippen LogP contribution in [0.3, 0.4) is 0 Å². The van der Waals surface area contributed by atoms with Gasteiger partial charge >= 0.3 is 0 Å². The molecular formula is C22H25N5O2. The topological polar surface area (TPSA) is 74.5 Å². The SMILES string of the molecule is Cc1cc(C)cc(Nc2nc(C)cc(N3CCN(C(=O)c4ccco4)CC3)n2)c1. The number of hydrogen-bond acceptors (Lipinski definition) is 6. The van der Waals surface area contributed by atoms with Crippen LogP contribution >= 0.6 is 0 Å². The van der Waals surface area contributed by atoms with Gasteiger partial charge in [-0.15, -0.1) is 0 Å². The first-order valence-electron chi connectivity index (χ1n) is 9.77. The van der Waals surface area contributed by atoms with Crippen molar-refractivity contribution in [3.63, 3.8) is 0 Å². The molecule has 1 saturated heterocycles. The summed E-state index contributed by atoms with van der Waals surface area (Å²) in [5.41, 5.74) is 4.26. The van der Waals surface area contributed by atoms with Gasteiger partial charge in [0.1, 0.15) is 5.82 Å². The summed E-state index contributed by atoms with van der Waals surface area (Å²) in [5, 5.41) is 3.33. The number of amides is 1. The number of nitrogens with zero attached hydrogens (tertiary/aromatic N) is 4. The maximum Gasteiger partial charge on any atom is 0.289 e. The predicted molar refractivity (Wildman–Crippen MR) is 113 cm³/mol. The molecule has 29 heavy (non-hydrogen) atoms. The van der Waals surface area contributed by atoms with Gasteiger partial charge < -0.3 is 19.5 Å². The lowest BCUT2D eigenvalue weighted by molar-refractivity contribution is 0.0714. The second kappa shape index (κ2) is 7.95. The Hall–Kier alpha value is -3.35. The van der Waals surface area contributed by atoms with Crippen LogP contribution in [-0.4, -0.2) is 47.0 Å². The highest BCUT2D eigenvalue weighted by Gasteiger charge is 2.24. The summed E-state index contributed by atoms with van der Waals surface area (Å²) < 4.78 is 5.23. The van der Waals surface area contributed by atoms with Gasteiger partial charge in [0, 0.05) is 43.6 Å². The van der Waals surface area contributed by atoms with E-state index in [9.17, 15) is 4.79 Å². The Morgan fingerprint density at radius 1 is 1.00 bits per heavy atom. The Kier molecular flexibility index (Phi) is 5.20. The van der Waals surface area contributed by atoms with E-state index in [1.165, 1.54) is 17.4 Å². The largest absolute Gasteiger partial charge is 0.459 e. The lowest BCUT2D eigenvalue weighted by atomic mass is 10.1. The summed E-state index contributed by atoms with van der Waals surface area (Å²) in [5.74, 6) is 1.77. The molecule has 150 valence electrons. The minimum Gasteiger partial charge on any atom is -0.459 e. The number of furan rings is 1. The first-order valence-corrected chi connectivity index (χ1v) is 9.77. The van der Waals surface area contributed by atoms with Crippen LogP contribution in [0.25, 0.3) is 0 Å². The number of anilines is 3. The second-order valence-electron chi connectivity index (χ2n) is 7.45. The fraction of sp³-hybridized carbons (Fsp3) is 0.318. The number of carbonyl (C=O) groups is 1. The molecule has 0 atom stereocenters. The third-order valence-corrected chi connectivity index (χ3v) is 4.94. The third-order valence-electron chi connectivity index (χ3n) is 4.94. The molecule has 0 saturated carbocycles. The van der Waals surface area contributed by atoms with Gasteiger partial charge in [-0.3, -0.25) is 4.79 Å². The normalized spacial score (nSPS) is 14.2. The summed E-state index contributed by atoms with van der Waals surface area (Å²) in [7, 11) is 0. The van der Waals surface area contributed by atoms with Crippen molar-refractivity contribution in [2.75, 3.05) is 36.4 Å². The van der Waals surface area contributed by atoms with Gasteiger partial charge in [-0.2, -0.15) is 4.98 Å². The van der Waals surface area contributed by atoms with E-state index >= 15 is 0 Å². The number of aryl methyl sites for hydroxylation is 3. The first-order chi connectivity index (χ1) is 14.0. The van der Waals surface area contributed by atoms with Crippen LogP contribution < -0.4 is 10.2 Å². The number of nitrogens with one attached hydrogen (secondary N) is 1. The minimum absolute atomic E-state index is 0.0642. The van der Waals surface area contributed by atoms with Gasteiger partial charge in [0.05, 0.1) is 6.26 Å². The molecule has 0 aliphatic carbocycles. The molecule has 1 amide bonds. The minimum atomic E-state index is -0.0642. The van der Waals surface area contributed by atoms with Crippen molar-refractivity contribution in [1.29, 1.82) is 0 Å². The van der Waals surface area contributed by atoms with Crippen molar-refractivity contribution in [2.24, 2.45) is 0 Å². The molecule has 7 nitrogen and oxygen atoms in total. The van der Waals surface area contributed by atoms with Crippen LogP contribution in [0.4, 0.5) is 17.5 Å². The van der Waals surface area contributed by atoms with Gasteiger partial charge in [-0.1, -0.05) is 6.07 Å². The number of piperazine rings is 1. The zero-order valence-electron chi connectivity index (χ0n) is 17.0. The molecule has 3 heterocycles. The van der Waals surface area contributed by atoms with Gasteiger partial charge in [0.25, 0.3) is 5.91 Å². The number of hydrogen-bond donors (Lipinski definition) is 1. The summed E-state index contributed by atoms with van der Waals surface area (Å²) in [6.07, 6.45) is 1.53. The van der Waals surface area contributed by atoms with Crippen molar-refractivity contribution < 1.29 is 9.21 Å². The predicted octanol–water partition coefficient (Wildman–Crippen LogP) is 3.70. The van der Waals surface area contributed by atoms with E-state index in [2.05, 4.69) is 47.2 Å². The maximum absolute atomic E-state index is 12.4. The Bertz CT molecular complexity index is 988. The average Bonchev–Trinajstić information content (AvgIpc) is 3.21. The molecule has 2 aromatic heterocycles. The standard InChI is InChI=1S/C22H25N5O2/c1-15-11-16(2)13-18(12-15)24-22-23-17(3)14-20(25-22)26-6-8-27(9-7-26)21(28)19-5-4-10-29-19/h4-5,10-14H,6-9H2,1-3H3,(H,23,24,25). The number of aromatic nitrogens is 2. The van der Waals surface area contributed by atoms with Crippen molar-refractivity contribution in [1.82, 2.24) is 14.9 Å². The second-order valence-corrected chi connectivity index (χ2v) is 7.45. The highest BCUT2D eigenvalue weighted by Crippen LogP contribution is 2.21. The van der Waals surface area contributed by atoms with E-state index in [0.29, 0.717) is 37.9 Å². The molecule has 1 aromatic carbocycles. The van der Waals surface area contributed by atoms with Crippen molar-refractivity contribution in [3.8, 4) is 0 Å². The summed E-state index contributed by atoms with van der Waals surface area (Å²) in [6.45, 7) is 8.80. The monoisotopic (exact) mass is 391 g/mol. The lowest BCUT2D eigenvalue weighted by Gasteiger charge is -2.35. The van der Waals surface area contributed by atoms with Crippen LogP contribution in [0.15, 0.2) is 47.1 Å². The van der Waals surface area contributed by atoms with Gasteiger partial charge in [-0.25, -0.2) is 4.98 Å². The third kappa shape index (κ3) is 4.39. The van der Waals surface area contributed by atoms with E-state index in [0.717, 1.165) is 17.2 Å². The molecule has 1 aliphatic heterocycles. The van der Waals surface area contributed by atoms with Crippen molar-refractivity contribution in [2.45, 2.75) is 20.8 Å². The number of rotatable bonds is 4. The molecule has 1 aliphatic rings. The molecule has 0 radical (unpaired) electrons. The fourth-order valence-corrected chi connectivity index (χ4v) is 3.64. The molecule has 0 unspecified atom stereocenters. The van der Waals surface area contributed by atoms with Crippen LogP contribution in [0.1, 0.15) is 27.4 Å². The molecule has 1 N–H and O–H groups in total. The Morgan fingerprint density at radius 2 is 1.72 bits per heavy atom. The summed E-state index contributed by atoms with van der Waals surface area (Å²) >= 11 is 0. The van der Waals surface area contributed by atoms with E-state index in [1.54, 1.807) is 12.1 Å². The molecular weight excluding hydrogens is 366 g/mol. The highest BCUT2D eigenvalue weighted by molar-refractivity contribution is 5.91. The van der Waals surface area contributed by atoms with Crippen LogP contribution in [0.2, 0.25) is 0 Å². The van der Waals surface area contributed by atoms with Crippen LogP contribution in [0.5, 0.6) is 0 Å². The molecule has 7 heteroatoms. The number of benzene rings is 1. The van der Waals surface area contributed by atoms with E-state index in [1.807, 2.05) is 17.9 Å². The molecule has 1 fully saturated rings. The zero-order valence-corrected chi connectivity index (χ0v) is 17.0. The molecule has 0 bridgehead atoms. The molecule has 0 spiro atoms. The lowest BCUT2D eigenvalue weighted by Crippen LogP contribution is -2.49. The van der Waals surface area contributed by atoms with Gasteiger partial charge in [0.2, 0.25) is 5.95 Å². The fourth-order valence-electron chi connectivity index (χ4n) is 3.64. The van der Waals surface area contributed by atoms with Crippen molar-refractivity contribution in [3.05, 3.63) is 65.2 Å². The van der Waals surface area contributed by atoms with Crippen LogP contribution in [0, 0.1) is 20.8 Å². The Morgan fingerprint density at radius 3 is 2.38 bits per heavy atom. The summed E-state index contributed by atoms with van der Waals surface area (Å²) in [6, 6.07) is 11.7. The Balaban J connectivity index is 1.46. The molecule has 4 rings (SSSR count). The quantitative estimate of drug-likeness (QED) is 0.731. The first kappa shape index (κ1) is 19.0. The van der Waals surface area contributed by atoms with E-state index in [-0.39, 0.29) is 5.91 Å². The van der Waals surface area contributed by atoms with Crippen molar-refractivity contribution >= 4 is 23.4 Å².